The van der Waals surface area contributed by atoms with Gasteiger partial charge in [0, 0.05) is 12.2 Å². The lowest BCUT2D eigenvalue weighted by Crippen LogP contribution is -2.55. The third-order valence-corrected chi connectivity index (χ3v) is 5.41. The van der Waals surface area contributed by atoms with Gasteiger partial charge < -0.3 is 15.0 Å². The van der Waals surface area contributed by atoms with Crippen LogP contribution in [0.2, 0.25) is 0 Å². The second kappa shape index (κ2) is 8.07. The van der Waals surface area contributed by atoms with Crippen LogP contribution in [0.5, 0.6) is 5.75 Å². The zero-order valence-electron chi connectivity index (χ0n) is 17.4. The van der Waals surface area contributed by atoms with E-state index in [4.69, 9.17) is 4.74 Å². The second-order valence-corrected chi connectivity index (χ2v) is 7.89. The van der Waals surface area contributed by atoms with Crippen molar-refractivity contribution in [3.8, 4) is 5.75 Å². The van der Waals surface area contributed by atoms with E-state index in [1.54, 1.807) is 0 Å². The molecule has 3 aromatic carbocycles. The van der Waals surface area contributed by atoms with Gasteiger partial charge in [0.2, 0.25) is 0 Å². The fourth-order valence-corrected chi connectivity index (χ4v) is 3.76. The number of fused-ring (bicyclic) bond motifs is 1. The molecule has 4 nitrogen and oxygen atoms in total. The zero-order chi connectivity index (χ0) is 21.1. The monoisotopic (exact) mass is 398 g/mol. The molecule has 152 valence electrons. The van der Waals surface area contributed by atoms with Crippen molar-refractivity contribution in [1.29, 1.82) is 0 Å². The summed E-state index contributed by atoms with van der Waals surface area (Å²) >= 11 is 0. The van der Waals surface area contributed by atoms with Crippen molar-refractivity contribution in [2.75, 3.05) is 11.9 Å². The van der Waals surface area contributed by atoms with Crippen LogP contribution in [0.15, 0.2) is 91.0 Å². The topological polar surface area (TPSA) is 41.6 Å². The van der Waals surface area contributed by atoms with Crippen molar-refractivity contribution in [2.45, 2.75) is 26.1 Å². The summed E-state index contributed by atoms with van der Waals surface area (Å²) in [6.45, 7) is 8.85. The van der Waals surface area contributed by atoms with E-state index in [0.717, 1.165) is 28.1 Å². The first-order valence-electron chi connectivity index (χ1n) is 10.1. The van der Waals surface area contributed by atoms with Crippen molar-refractivity contribution in [3.63, 3.8) is 0 Å². The van der Waals surface area contributed by atoms with E-state index in [1.807, 2.05) is 97.6 Å². The largest absolute Gasteiger partial charge is 0.489 e. The fraction of sp³-hybridized carbons (Fsp3) is 0.192. The second-order valence-electron chi connectivity index (χ2n) is 7.89. The average molecular weight is 399 g/mol. The van der Waals surface area contributed by atoms with Crippen LogP contribution in [0, 0.1) is 0 Å². The highest BCUT2D eigenvalue weighted by Gasteiger charge is 2.42. The molecule has 0 radical (unpaired) electrons. The summed E-state index contributed by atoms with van der Waals surface area (Å²) < 4.78 is 5.74. The molecule has 1 aliphatic heterocycles. The van der Waals surface area contributed by atoms with E-state index in [9.17, 15) is 4.79 Å². The highest BCUT2D eigenvalue weighted by Crippen LogP contribution is 2.39. The van der Waals surface area contributed by atoms with Gasteiger partial charge in [-0.15, -0.1) is 0 Å². The number of nitrogens with one attached hydrogen (secondary N) is 1. The van der Waals surface area contributed by atoms with E-state index >= 15 is 0 Å². The van der Waals surface area contributed by atoms with Gasteiger partial charge in [0.25, 0.3) is 5.91 Å². The number of hydrogen-bond donors (Lipinski definition) is 1. The molecule has 0 fully saturated rings. The van der Waals surface area contributed by atoms with Gasteiger partial charge in [-0.25, -0.2) is 0 Å². The molecule has 0 spiro atoms. The van der Waals surface area contributed by atoms with Crippen LogP contribution < -0.4 is 10.1 Å². The SMILES string of the molecule is C=C(C)COc1ccc(C2(C)Nc3ccccc3C(=O)N2Cc2ccccc2)cc1. The molecule has 4 rings (SSSR count). The maximum Gasteiger partial charge on any atom is 0.258 e. The first-order chi connectivity index (χ1) is 14.5. The number of benzene rings is 3. The maximum atomic E-state index is 13.5. The standard InChI is InChI=1S/C26H26N2O2/c1-19(2)18-30-22-15-13-21(14-16-22)26(3)27-24-12-8-7-11-23(24)25(29)28(26)17-20-9-5-4-6-10-20/h4-16,27H,1,17-18H2,2-3H3. The number of rotatable bonds is 6. The first kappa shape index (κ1) is 19.8. The van der Waals surface area contributed by atoms with E-state index in [1.165, 1.54) is 0 Å². The summed E-state index contributed by atoms with van der Waals surface area (Å²) in [6, 6.07) is 25.6. The van der Waals surface area contributed by atoms with Gasteiger partial charge in [0.1, 0.15) is 18.0 Å². The van der Waals surface area contributed by atoms with Crippen LogP contribution >= 0.6 is 0 Å². The van der Waals surface area contributed by atoms with Crippen molar-refractivity contribution in [2.24, 2.45) is 0 Å². The summed E-state index contributed by atoms with van der Waals surface area (Å²) in [5, 5.41) is 3.61. The van der Waals surface area contributed by atoms with Gasteiger partial charge in [0.05, 0.1) is 5.56 Å². The molecular formula is C26H26N2O2. The summed E-state index contributed by atoms with van der Waals surface area (Å²) in [5.74, 6) is 0.792. The van der Waals surface area contributed by atoms with Crippen LogP contribution in [0.4, 0.5) is 5.69 Å². The summed E-state index contributed by atoms with van der Waals surface area (Å²) in [4.78, 5) is 15.4. The van der Waals surface area contributed by atoms with Gasteiger partial charge in [0.15, 0.2) is 0 Å². The molecule has 1 amide bonds. The lowest BCUT2D eigenvalue weighted by molar-refractivity contribution is 0.0509. The quantitative estimate of drug-likeness (QED) is 0.551. The Morgan fingerprint density at radius 2 is 1.67 bits per heavy atom. The Balaban J connectivity index is 1.72. The van der Waals surface area contributed by atoms with E-state index in [-0.39, 0.29) is 5.91 Å². The Morgan fingerprint density at radius 3 is 2.37 bits per heavy atom. The van der Waals surface area contributed by atoms with E-state index in [2.05, 4.69) is 11.9 Å². The molecule has 3 aromatic rings. The number of anilines is 1. The smallest absolute Gasteiger partial charge is 0.258 e. The molecule has 1 atom stereocenters. The van der Waals surface area contributed by atoms with Gasteiger partial charge >= 0.3 is 0 Å². The zero-order valence-corrected chi connectivity index (χ0v) is 17.4. The molecule has 0 bridgehead atoms. The van der Waals surface area contributed by atoms with E-state index in [0.29, 0.717) is 18.7 Å². The van der Waals surface area contributed by atoms with E-state index < -0.39 is 5.66 Å². The molecule has 4 heteroatoms. The van der Waals surface area contributed by atoms with Crippen molar-refractivity contribution < 1.29 is 9.53 Å². The van der Waals surface area contributed by atoms with Crippen LogP contribution in [0.3, 0.4) is 0 Å². The van der Waals surface area contributed by atoms with Crippen LogP contribution in [-0.2, 0) is 12.2 Å². The summed E-state index contributed by atoms with van der Waals surface area (Å²) in [5.41, 5.74) is 3.87. The third kappa shape index (κ3) is 3.81. The molecule has 0 aliphatic carbocycles. The predicted octanol–water partition coefficient (Wildman–Crippen LogP) is 5.58. The minimum absolute atomic E-state index is 0.0123. The van der Waals surface area contributed by atoms with Crippen molar-refractivity contribution in [3.05, 3.63) is 108 Å². The summed E-state index contributed by atoms with van der Waals surface area (Å²) in [7, 11) is 0. The Labute approximate surface area is 177 Å². The number of ether oxygens (including phenoxy) is 1. The fourth-order valence-electron chi connectivity index (χ4n) is 3.76. The molecule has 1 aliphatic rings. The molecule has 1 unspecified atom stereocenters. The predicted molar refractivity (Wildman–Crippen MR) is 120 cm³/mol. The molecular weight excluding hydrogens is 372 g/mol. The Morgan fingerprint density at radius 1 is 1.00 bits per heavy atom. The van der Waals surface area contributed by atoms with Gasteiger partial charge in [-0.3, -0.25) is 4.79 Å². The Kier molecular flexibility index (Phi) is 5.32. The number of para-hydroxylation sites is 1. The number of carbonyl (C=O) groups excluding carboxylic acids is 1. The van der Waals surface area contributed by atoms with Gasteiger partial charge in [-0.1, -0.05) is 61.2 Å². The molecule has 30 heavy (non-hydrogen) atoms. The summed E-state index contributed by atoms with van der Waals surface area (Å²) in [6.07, 6.45) is 0. The van der Waals surface area contributed by atoms with Crippen LogP contribution in [0.25, 0.3) is 0 Å². The first-order valence-corrected chi connectivity index (χ1v) is 10.1. The molecule has 1 heterocycles. The van der Waals surface area contributed by atoms with Crippen molar-refractivity contribution >= 4 is 11.6 Å². The number of amides is 1. The normalized spacial score (nSPS) is 17.8. The third-order valence-electron chi connectivity index (χ3n) is 5.41. The number of carbonyl (C=O) groups is 1. The molecule has 1 N–H and O–H groups in total. The van der Waals surface area contributed by atoms with Crippen LogP contribution in [0.1, 0.15) is 35.3 Å². The Bertz CT molecular complexity index is 1060. The Hall–Kier alpha value is -3.53. The average Bonchev–Trinajstić information content (AvgIpc) is 2.76. The lowest BCUT2D eigenvalue weighted by atomic mass is 9.93. The van der Waals surface area contributed by atoms with Crippen molar-refractivity contribution in [1.82, 2.24) is 4.90 Å². The highest BCUT2D eigenvalue weighted by atomic mass is 16.5. The molecule has 0 saturated heterocycles. The number of hydrogen-bond acceptors (Lipinski definition) is 3. The highest BCUT2D eigenvalue weighted by molar-refractivity contribution is 6.02. The van der Waals surface area contributed by atoms with Gasteiger partial charge in [-0.2, -0.15) is 0 Å². The minimum atomic E-state index is -0.700. The molecule has 0 saturated carbocycles. The lowest BCUT2D eigenvalue weighted by Gasteiger charge is -2.47. The molecule has 0 aromatic heterocycles. The van der Waals surface area contributed by atoms with Crippen LogP contribution in [-0.4, -0.2) is 17.4 Å². The van der Waals surface area contributed by atoms with Gasteiger partial charge in [-0.05, 0) is 54.8 Å². The maximum absolute atomic E-state index is 13.5. The minimum Gasteiger partial charge on any atom is -0.489 e. The number of nitrogens with zero attached hydrogens (tertiary/aromatic N) is 1.